The van der Waals surface area contributed by atoms with Crippen LogP contribution in [0.25, 0.3) is 5.65 Å². The summed E-state index contributed by atoms with van der Waals surface area (Å²) in [5, 5.41) is 8.10. The van der Waals surface area contributed by atoms with Gasteiger partial charge in [0.25, 0.3) is 0 Å². The van der Waals surface area contributed by atoms with E-state index in [9.17, 15) is 0 Å². The van der Waals surface area contributed by atoms with Gasteiger partial charge in [0.1, 0.15) is 6.33 Å². The van der Waals surface area contributed by atoms with Crippen LogP contribution in [0.4, 0.5) is 5.82 Å². The average molecular weight is 246 g/mol. The Morgan fingerprint density at radius 2 is 2.33 bits per heavy atom. The van der Waals surface area contributed by atoms with Gasteiger partial charge >= 0.3 is 0 Å². The van der Waals surface area contributed by atoms with E-state index < -0.39 is 0 Å². The minimum Gasteiger partial charge on any atom is -0.350 e. The van der Waals surface area contributed by atoms with Gasteiger partial charge in [-0.05, 0) is 32.2 Å². The Morgan fingerprint density at radius 3 is 3.17 bits per heavy atom. The van der Waals surface area contributed by atoms with E-state index in [1.54, 1.807) is 12.5 Å². The minimum absolute atomic E-state index is 0.475. The summed E-state index contributed by atoms with van der Waals surface area (Å²) in [6, 6.07) is 0.475. The number of hydrogen-bond acceptors (Lipinski definition) is 5. The number of rotatable bonds is 2. The molecule has 1 fully saturated rings. The van der Waals surface area contributed by atoms with Crippen molar-refractivity contribution in [3.05, 3.63) is 18.7 Å². The summed E-state index contributed by atoms with van der Waals surface area (Å²) in [6.07, 6.45) is 7.72. The highest BCUT2D eigenvalue weighted by Crippen LogP contribution is 2.27. The van der Waals surface area contributed by atoms with Gasteiger partial charge in [0, 0.05) is 25.0 Å². The minimum atomic E-state index is 0.475. The second-order valence-electron chi connectivity index (χ2n) is 4.99. The highest BCUT2D eigenvalue weighted by atomic mass is 15.3. The van der Waals surface area contributed by atoms with Gasteiger partial charge in [0.05, 0.1) is 0 Å². The van der Waals surface area contributed by atoms with Crippen molar-refractivity contribution in [2.45, 2.75) is 25.8 Å². The first-order valence-corrected chi connectivity index (χ1v) is 6.40. The van der Waals surface area contributed by atoms with Gasteiger partial charge in [-0.2, -0.15) is 0 Å². The Labute approximate surface area is 106 Å². The molecule has 6 nitrogen and oxygen atoms in total. The molecule has 2 N–H and O–H groups in total. The van der Waals surface area contributed by atoms with E-state index in [0.29, 0.717) is 12.0 Å². The van der Waals surface area contributed by atoms with E-state index in [1.165, 1.54) is 6.42 Å². The van der Waals surface area contributed by atoms with Crippen LogP contribution in [-0.2, 0) is 0 Å². The lowest BCUT2D eigenvalue weighted by Crippen LogP contribution is -2.44. The second kappa shape index (κ2) is 4.53. The molecule has 0 bridgehead atoms. The van der Waals surface area contributed by atoms with Crippen molar-refractivity contribution in [3.8, 4) is 0 Å². The van der Waals surface area contributed by atoms with Crippen LogP contribution in [0.1, 0.15) is 19.8 Å². The van der Waals surface area contributed by atoms with Crippen LogP contribution < -0.4 is 10.6 Å². The van der Waals surface area contributed by atoms with Gasteiger partial charge in [-0.15, -0.1) is 10.2 Å². The quantitative estimate of drug-likeness (QED) is 0.844. The zero-order valence-corrected chi connectivity index (χ0v) is 10.5. The highest BCUT2D eigenvalue weighted by molar-refractivity contribution is 5.63. The van der Waals surface area contributed by atoms with Crippen molar-refractivity contribution in [2.75, 3.05) is 18.0 Å². The molecule has 2 aromatic heterocycles. The fourth-order valence-electron chi connectivity index (χ4n) is 2.62. The van der Waals surface area contributed by atoms with E-state index in [2.05, 4.69) is 27.0 Å². The number of anilines is 1. The molecule has 2 atom stereocenters. The summed E-state index contributed by atoms with van der Waals surface area (Å²) in [4.78, 5) is 6.79. The Balaban J connectivity index is 1.99. The normalized spacial score (nSPS) is 24.7. The molecule has 96 valence electrons. The monoisotopic (exact) mass is 246 g/mol. The first-order valence-electron chi connectivity index (χ1n) is 6.40. The maximum absolute atomic E-state index is 5.80. The van der Waals surface area contributed by atoms with Crippen molar-refractivity contribution < 1.29 is 0 Å². The largest absolute Gasteiger partial charge is 0.350 e. The van der Waals surface area contributed by atoms with Gasteiger partial charge in [0.2, 0.25) is 5.65 Å². The number of piperidine rings is 1. The summed E-state index contributed by atoms with van der Waals surface area (Å²) >= 11 is 0. The summed E-state index contributed by atoms with van der Waals surface area (Å²) < 4.78 is 1.90. The van der Waals surface area contributed by atoms with Crippen LogP contribution in [0, 0.1) is 5.92 Å². The highest BCUT2D eigenvalue weighted by Gasteiger charge is 2.27. The lowest BCUT2D eigenvalue weighted by Gasteiger charge is -2.38. The third-order valence-electron chi connectivity index (χ3n) is 3.78. The molecule has 2 unspecified atom stereocenters. The van der Waals surface area contributed by atoms with E-state index in [1.807, 2.05) is 10.6 Å². The summed E-state index contributed by atoms with van der Waals surface area (Å²) in [5.74, 6) is 1.46. The van der Waals surface area contributed by atoms with Crippen molar-refractivity contribution in [1.29, 1.82) is 0 Å². The topological polar surface area (TPSA) is 72.3 Å². The van der Waals surface area contributed by atoms with Gasteiger partial charge in [-0.3, -0.25) is 4.40 Å². The molecule has 1 saturated heterocycles. The molecule has 0 aliphatic carbocycles. The van der Waals surface area contributed by atoms with E-state index in [-0.39, 0.29) is 0 Å². The van der Waals surface area contributed by atoms with Crippen molar-refractivity contribution in [1.82, 2.24) is 19.6 Å². The zero-order valence-electron chi connectivity index (χ0n) is 10.5. The fourth-order valence-corrected chi connectivity index (χ4v) is 2.62. The van der Waals surface area contributed by atoms with E-state index >= 15 is 0 Å². The molecule has 0 aromatic carbocycles. The second-order valence-corrected chi connectivity index (χ2v) is 4.99. The van der Waals surface area contributed by atoms with Crippen LogP contribution in [0.15, 0.2) is 18.7 Å². The predicted molar refractivity (Wildman–Crippen MR) is 69.4 cm³/mol. The van der Waals surface area contributed by atoms with Crippen LogP contribution >= 0.6 is 0 Å². The smallest absolute Gasteiger partial charge is 0.203 e. The first kappa shape index (κ1) is 11.4. The standard InChI is InChI=1S/C12H18N6/c1-9-2-3-10(6-13)7-18(9)11-12-16-15-8-17(12)5-4-14-11/h4-5,8-10H,2-3,6-7,13H2,1H3. The molecule has 0 saturated carbocycles. The molecular weight excluding hydrogens is 228 g/mol. The maximum atomic E-state index is 5.80. The van der Waals surface area contributed by atoms with Crippen molar-refractivity contribution in [2.24, 2.45) is 11.7 Å². The maximum Gasteiger partial charge on any atom is 0.203 e. The molecular formula is C12H18N6. The van der Waals surface area contributed by atoms with Crippen molar-refractivity contribution in [3.63, 3.8) is 0 Å². The number of nitrogens with two attached hydrogens (primary N) is 1. The Morgan fingerprint density at radius 1 is 1.44 bits per heavy atom. The van der Waals surface area contributed by atoms with E-state index in [4.69, 9.17) is 5.73 Å². The van der Waals surface area contributed by atoms with Crippen LogP contribution in [0.5, 0.6) is 0 Å². The summed E-state index contributed by atoms with van der Waals surface area (Å²) in [5.41, 5.74) is 6.62. The zero-order chi connectivity index (χ0) is 12.5. The average Bonchev–Trinajstić information content (AvgIpc) is 2.87. The van der Waals surface area contributed by atoms with Gasteiger partial charge < -0.3 is 10.6 Å². The first-order chi connectivity index (χ1) is 8.79. The molecule has 0 radical (unpaired) electrons. The van der Waals surface area contributed by atoms with Gasteiger partial charge in [0.15, 0.2) is 5.82 Å². The SMILES string of the molecule is CC1CCC(CN)CN1c1nccn2cnnc12. The molecule has 1 aliphatic rings. The predicted octanol–water partition coefficient (Wildman–Crippen LogP) is 0.688. The van der Waals surface area contributed by atoms with Crippen LogP contribution in [0.3, 0.4) is 0 Å². The van der Waals surface area contributed by atoms with Crippen LogP contribution in [-0.4, -0.2) is 38.7 Å². The summed E-state index contributed by atoms with van der Waals surface area (Å²) in [7, 11) is 0. The summed E-state index contributed by atoms with van der Waals surface area (Å²) in [6.45, 7) is 3.92. The number of nitrogens with zero attached hydrogens (tertiary/aromatic N) is 5. The number of hydrogen-bond donors (Lipinski definition) is 1. The number of aromatic nitrogens is 4. The van der Waals surface area contributed by atoms with Crippen molar-refractivity contribution >= 4 is 11.5 Å². The molecule has 2 aromatic rings. The third-order valence-corrected chi connectivity index (χ3v) is 3.78. The lowest BCUT2D eigenvalue weighted by molar-refractivity contribution is 0.372. The van der Waals surface area contributed by atoms with Crippen LogP contribution in [0.2, 0.25) is 0 Å². The number of fused-ring (bicyclic) bond motifs is 1. The molecule has 3 rings (SSSR count). The molecule has 18 heavy (non-hydrogen) atoms. The molecule has 6 heteroatoms. The fraction of sp³-hybridized carbons (Fsp3) is 0.583. The third kappa shape index (κ3) is 1.82. The van der Waals surface area contributed by atoms with Gasteiger partial charge in [-0.1, -0.05) is 0 Å². The Bertz CT molecular complexity index is 536. The lowest BCUT2D eigenvalue weighted by atomic mass is 9.93. The Hall–Kier alpha value is -1.69. The molecule has 0 amide bonds. The Kier molecular flexibility index (Phi) is 2.87. The molecule has 0 spiro atoms. The molecule has 3 heterocycles. The molecule has 1 aliphatic heterocycles. The van der Waals surface area contributed by atoms with Gasteiger partial charge in [-0.25, -0.2) is 4.98 Å². The van der Waals surface area contributed by atoms with E-state index in [0.717, 1.165) is 31.0 Å².